The van der Waals surface area contributed by atoms with Crippen LogP contribution in [0, 0.1) is 6.92 Å². The molecule has 1 aliphatic heterocycles. The molecule has 1 saturated heterocycles. The van der Waals surface area contributed by atoms with Crippen LogP contribution in [0.4, 0.5) is 4.79 Å². The Morgan fingerprint density at radius 3 is 2.57 bits per heavy atom. The highest BCUT2D eigenvalue weighted by Crippen LogP contribution is 2.30. The van der Waals surface area contributed by atoms with Crippen LogP contribution in [0.25, 0.3) is 6.08 Å². The van der Waals surface area contributed by atoms with E-state index in [9.17, 15) is 9.59 Å². The Morgan fingerprint density at radius 1 is 1.30 bits per heavy atom. The highest BCUT2D eigenvalue weighted by Gasteiger charge is 2.32. The summed E-state index contributed by atoms with van der Waals surface area (Å²) in [5, 5.41) is 2.66. The number of carbonyl (C=O) groups excluding carboxylic acids is 2. The Hall–Kier alpha value is -2.30. The van der Waals surface area contributed by atoms with E-state index in [1.54, 1.807) is 13.2 Å². The maximum Gasteiger partial charge on any atom is 0.329 e. The highest BCUT2D eigenvalue weighted by molar-refractivity contribution is 6.14. The molecule has 0 aliphatic carbocycles. The van der Waals surface area contributed by atoms with Crippen LogP contribution in [0.1, 0.15) is 49.8 Å². The van der Waals surface area contributed by atoms with Crippen molar-refractivity contribution in [1.29, 1.82) is 0 Å². The maximum absolute atomic E-state index is 12.3. The summed E-state index contributed by atoms with van der Waals surface area (Å²) in [4.78, 5) is 25.4. The third kappa shape index (κ3) is 3.38. The van der Waals surface area contributed by atoms with Gasteiger partial charge in [-0.25, -0.2) is 4.79 Å². The molecule has 0 bridgehead atoms. The zero-order chi connectivity index (χ0) is 17.1. The smallest absolute Gasteiger partial charge is 0.329 e. The first-order valence-electron chi connectivity index (χ1n) is 7.92. The predicted molar refractivity (Wildman–Crippen MR) is 90.3 cm³/mol. The Balaban J connectivity index is 2.41. The van der Waals surface area contributed by atoms with Gasteiger partial charge in [-0.05, 0) is 54.2 Å². The Bertz CT molecular complexity index is 662. The van der Waals surface area contributed by atoms with Crippen LogP contribution in [0.3, 0.4) is 0 Å². The molecule has 5 nitrogen and oxygen atoms in total. The summed E-state index contributed by atoms with van der Waals surface area (Å²) in [6, 6.07) is 3.64. The molecule has 2 rings (SSSR count). The van der Waals surface area contributed by atoms with E-state index in [0.29, 0.717) is 18.2 Å². The highest BCUT2D eigenvalue weighted by atomic mass is 16.5. The number of nitrogens with one attached hydrogen (secondary N) is 1. The molecular formula is C18H24N2O3. The lowest BCUT2D eigenvalue weighted by Crippen LogP contribution is -2.31. The standard InChI is InChI=1S/C18H24N2O3/c1-6-7-20-17(21)15(19-18(20)22)10-13-9-14(11(2)3)16(23-5)8-12(13)4/h8-11H,6-7H2,1-5H3,(H,19,22)/b15-10+. The summed E-state index contributed by atoms with van der Waals surface area (Å²) in [6.45, 7) is 8.51. The van der Waals surface area contributed by atoms with Gasteiger partial charge >= 0.3 is 6.03 Å². The van der Waals surface area contributed by atoms with E-state index in [1.165, 1.54) is 4.90 Å². The molecule has 124 valence electrons. The molecule has 1 fully saturated rings. The van der Waals surface area contributed by atoms with E-state index in [4.69, 9.17) is 4.74 Å². The van der Waals surface area contributed by atoms with Crippen molar-refractivity contribution >= 4 is 18.0 Å². The minimum absolute atomic E-state index is 0.266. The topological polar surface area (TPSA) is 58.6 Å². The van der Waals surface area contributed by atoms with E-state index in [1.807, 2.05) is 26.0 Å². The van der Waals surface area contributed by atoms with Gasteiger partial charge in [0, 0.05) is 6.54 Å². The predicted octanol–water partition coefficient (Wildman–Crippen LogP) is 3.43. The number of nitrogens with zero attached hydrogens (tertiary/aromatic N) is 1. The van der Waals surface area contributed by atoms with Gasteiger partial charge in [0.15, 0.2) is 0 Å². The lowest BCUT2D eigenvalue weighted by atomic mass is 9.96. The van der Waals surface area contributed by atoms with Gasteiger partial charge in [-0.1, -0.05) is 20.8 Å². The lowest BCUT2D eigenvalue weighted by molar-refractivity contribution is -0.122. The van der Waals surface area contributed by atoms with Gasteiger partial charge in [-0.15, -0.1) is 0 Å². The summed E-state index contributed by atoms with van der Waals surface area (Å²) in [7, 11) is 1.65. The second-order valence-electron chi connectivity index (χ2n) is 6.05. The minimum atomic E-state index is -0.349. The van der Waals surface area contributed by atoms with Crippen LogP contribution >= 0.6 is 0 Å². The SMILES string of the molecule is CCCN1C(=O)N/C(=C/c2cc(C(C)C)c(OC)cc2C)C1=O. The monoisotopic (exact) mass is 316 g/mol. The van der Waals surface area contributed by atoms with Crippen molar-refractivity contribution in [2.75, 3.05) is 13.7 Å². The lowest BCUT2D eigenvalue weighted by Gasteiger charge is -2.15. The van der Waals surface area contributed by atoms with Crippen molar-refractivity contribution in [1.82, 2.24) is 10.2 Å². The van der Waals surface area contributed by atoms with Gasteiger partial charge in [0.05, 0.1) is 7.11 Å². The molecule has 1 aromatic carbocycles. The van der Waals surface area contributed by atoms with Gasteiger partial charge in [0.1, 0.15) is 11.4 Å². The number of ether oxygens (including phenoxy) is 1. The number of imide groups is 1. The maximum atomic E-state index is 12.3. The molecule has 1 aliphatic rings. The normalized spacial score (nSPS) is 16.4. The molecule has 0 unspecified atom stereocenters. The molecule has 1 aromatic rings. The molecule has 23 heavy (non-hydrogen) atoms. The van der Waals surface area contributed by atoms with E-state index in [0.717, 1.165) is 28.9 Å². The number of methoxy groups -OCH3 is 1. The average molecular weight is 316 g/mol. The fourth-order valence-corrected chi connectivity index (χ4v) is 2.65. The quantitative estimate of drug-likeness (QED) is 0.669. The molecule has 3 amide bonds. The van der Waals surface area contributed by atoms with Crippen molar-refractivity contribution in [3.63, 3.8) is 0 Å². The van der Waals surface area contributed by atoms with Gasteiger partial charge in [0.2, 0.25) is 0 Å². The zero-order valence-corrected chi connectivity index (χ0v) is 14.4. The van der Waals surface area contributed by atoms with Crippen LogP contribution in [-0.4, -0.2) is 30.5 Å². The van der Waals surface area contributed by atoms with Crippen LogP contribution in [-0.2, 0) is 4.79 Å². The van der Waals surface area contributed by atoms with Crippen molar-refractivity contribution in [2.45, 2.75) is 40.0 Å². The van der Waals surface area contributed by atoms with Gasteiger partial charge < -0.3 is 10.1 Å². The average Bonchev–Trinajstić information content (AvgIpc) is 2.76. The first-order valence-corrected chi connectivity index (χ1v) is 7.92. The fourth-order valence-electron chi connectivity index (χ4n) is 2.65. The third-order valence-electron chi connectivity index (χ3n) is 3.95. The van der Waals surface area contributed by atoms with Crippen LogP contribution < -0.4 is 10.1 Å². The zero-order valence-electron chi connectivity index (χ0n) is 14.4. The first kappa shape index (κ1) is 17.1. The van der Waals surface area contributed by atoms with Gasteiger partial charge in [-0.2, -0.15) is 0 Å². The van der Waals surface area contributed by atoms with E-state index in [2.05, 4.69) is 19.2 Å². The molecule has 0 atom stereocenters. The number of aryl methyl sites for hydroxylation is 1. The second-order valence-corrected chi connectivity index (χ2v) is 6.05. The van der Waals surface area contributed by atoms with E-state index >= 15 is 0 Å². The van der Waals surface area contributed by atoms with E-state index < -0.39 is 0 Å². The number of benzene rings is 1. The number of urea groups is 1. The summed E-state index contributed by atoms with van der Waals surface area (Å²) in [6.07, 6.45) is 2.49. The molecular weight excluding hydrogens is 292 g/mol. The van der Waals surface area contributed by atoms with E-state index in [-0.39, 0.29) is 11.9 Å². The summed E-state index contributed by atoms with van der Waals surface area (Å²) < 4.78 is 5.43. The number of hydrogen-bond acceptors (Lipinski definition) is 3. The third-order valence-corrected chi connectivity index (χ3v) is 3.95. The largest absolute Gasteiger partial charge is 0.496 e. The molecule has 1 heterocycles. The number of amides is 3. The number of carbonyl (C=O) groups is 2. The first-order chi connectivity index (χ1) is 10.9. The van der Waals surface area contributed by atoms with Crippen LogP contribution in [0.2, 0.25) is 0 Å². The molecule has 0 aromatic heterocycles. The van der Waals surface area contributed by atoms with Crippen molar-refractivity contribution in [3.05, 3.63) is 34.5 Å². The second kappa shape index (κ2) is 6.86. The molecule has 5 heteroatoms. The van der Waals surface area contributed by atoms with Crippen LogP contribution in [0.5, 0.6) is 5.75 Å². The van der Waals surface area contributed by atoms with Crippen LogP contribution in [0.15, 0.2) is 17.8 Å². The molecule has 0 saturated carbocycles. The minimum Gasteiger partial charge on any atom is -0.496 e. The van der Waals surface area contributed by atoms with Gasteiger partial charge in [0.25, 0.3) is 5.91 Å². The molecule has 0 radical (unpaired) electrons. The van der Waals surface area contributed by atoms with Crippen molar-refractivity contribution < 1.29 is 14.3 Å². The number of rotatable bonds is 5. The summed E-state index contributed by atoms with van der Waals surface area (Å²) in [5.74, 6) is 0.875. The molecule has 1 N–H and O–H groups in total. The molecule has 0 spiro atoms. The van der Waals surface area contributed by atoms with Gasteiger partial charge in [-0.3, -0.25) is 9.69 Å². The Morgan fingerprint density at radius 2 is 2.00 bits per heavy atom. The van der Waals surface area contributed by atoms with Crippen molar-refractivity contribution in [3.8, 4) is 5.75 Å². The Kier molecular flexibility index (Phi) is 5.08. The van der Waals surface area contributed by atoms with Crippen molar-refractivity contribution in [2.24, 2.45) is 0 Å². The number of hydrogen-bond donors (Lipinski definition) is 1. The Labute approximate surface area is 137 Å². The summed E-state index contributed by atoms with van der Waals surface area (Å²) in [5.41, 5.74) is 3.31. The fraction of sp³-hybridized carbons (Fsp3) is 0.444. The summed E-state index contributed by atoms with van der Waals surface area (Å²) >= 11 is 0.